The van der Waals surface area contributed by atoms with Gasteiger partial charge in [0.2, 0.25) is 5.89 Å². The Balaban J connectivity index is 1.49. The number of nitrogens with zero attached hydrogens (tertiary/aromatic N) is 2. The molecule has 1 N–H and O–H groups in total. The van der Waals surface area contributed by atoms with Crippen LogP contribution in [0.3, 0.4) is 0 Å². The van der Waals surface area contributed by atoms with Crippen LogP contribution in [0.2, 0.25) is 0 Å². The largest absolute Gasteiger partial charge is 0.492 e. The molecule has 1 aliphatic rings. The highest BCUT2D eigenvalue weighted by atomic mass is 127. The number of nitrogens with one attached hydrogen (secondary N) is 1. The van der Waals surface area contributed by atoms with Crippen LogP contribution in [0, 0.1) is 10.5 Å². The summed E-state index contributed by atoms with van der Waals surface area (Å²) >= 11 is 2.33. The van der Waals surface area contributed by atoms with Crippen LogP contribution in [-0.4, -0.2) is 21.8 Å². The molecule has 26 heavy (non-hydrogen) atoms. The Labute approximate surface area is 163 Å². The number of aromatic nitrogens is 3. The molecule has 4 aromatic rings. The van der Waals surface area contributed by atoms with E-state index in [0.717, 1.165) is 46.0 Å². The van der Waals surface area contributed by atoms with E-state index in [1.54, 1.807) is 0 Å². The molecule has 2 aromatic heterocycles. The number of rotatable bonds is 2. The normalized spacial score (nSPS) is 16.5. The van der Waals surface area contributed by atoms with Crippen molar-refractivity contribution >= 4 is 33.7 Å². The van der Waals surface area contributed by atoms with E-state index < -0.39 is 0 Å². The molecule has 0 saturated heterocycles. The third-order valence-electron chi connectivity index (χ3n) is 4.83. The molecule has 0 spiro atoms. The third-order valence-corrected chi connectivity index (χ3v) is 5.50. The van der Waals surface area contributed by atoms with Crippen molar-refractivity contribution in [3.63, 3.8) is 0 Å². The zero-order valence-electron chi connectivity index (χ0n) is 14.1. The summed E-state index contributed by atoms with van der Waals surface area (Å²) in [6.45, 7) is 2.58. The maximum Gasteiger partial charge on any atom is 0.202 e. The highest BCUT2D eigenvalue weighted by Gasteiger charge is 2.26. The van der Waals surface area contributed by atoms with Gasteiger partial charge < -0.3 is 9.15 Å². The summed E-state index contributed by atoms with van der Waals surface area (Å²) in [6, 6.07) is 12.4. The Kier molecular flexibility index (Phi) is 3.74. The summed E-state index contributed by atoms with van der Waals surface area (Å²) < 4.78 is 13.2. The lowest BCUT2D eigenvalue weighted by Crippen LogP contribution is -2.19. The van der Waals surface area contributed by atoms with Crippen LogP contribution >= 0.6 is 22.6 Å². The Bertz CT molecular complexity index is 1120. The second-order valence-corrected chi connectivity index (χ2v) is 7.83. The van der Waals surface area contributed by atoms with E-state index in [1.165, 1.54) is 9.13 Å². The van der Waals surface area contributed by atoms with E-state index in [2.05, 4.69) is 51.0 Å². The number of halogens is 1. The monoisotopic (exact) mass is 457 g/mol. The molecule has 0 radical (unpaired) electrons. The van der Waals surface area contributed by atoms with E-state index >= 15 is 0 Å². The lowest BCUT2D eigenvalue weighted by molar-refractivity contribution is 0.243. The van der Waals surface area contributed by atoms with Crippen molar-refractivity contribution in [2.45, 2.75) is 19.3 Å². The molecule has 3 heterocycles. The molecule has 1 atom stereocenters. The Morgan fingerprint density at radius 1 is 1.19 bits per heavy atom. The van der Waals surface area contributed by atoms with Gasteiger partial charge in [-0.15, -0.1) is 0 Å². The van der Waals surface area contributed by atoms with Crippen molar-refractivity contribution < 1.29 is 9.15 Å². The molecule has 0 fully saturated rings. The van der Waals surface area contributed by atoms with Gasteiger partial charge in [-0.2, -0.15) is 5.10 Å². The first kappa shape index (κ1) is 15.9. The molecule has 0 saturated carbocycles. The smallest absolute Gasteiger partial charge is 0.202 e. The van der Waals surface area contributed by atoms with Crippen LogP contribution in [0.4, 0.5) is 0 Å². The predicted octanol–water partition coefficient (Wildman–Crippen LogP) is 4.85. The fraction of sp³-hybridized carbons (Fsp3) is 0.200. The van der Waals surface area contributed by atoms with Gasteiger partial charge in [0.25, 0.3) is 0 Å². The molecule has 0 bridgehead atoms. The fourth-order valence-corrected chi connectivity index (χ4v) is 4.01. The Hall–Kier alpha value is -2.35. The molecule has 2 aromatic carbocycles. The molecular weight excluding hydrogens is 441 g/mol. The molecule has 5 nitrogen and oxygen atoms in total. The average Bonchev–Trinajstić information content (AvgIpc) is 3.26. The van der Waals surface area contributed by atoms with E-state index in [0.29, 0.717) is 6.61 Å². The summed E-state index contributed by atoms with van der Waals surface area (Å²) in [5, 5.41) is 7.09. The minimum Gasteiger partial charge on any atom is -0.492 e. The van der Waals surface area contributed by atoms with Crippen LogP contribution < -0.4 is 4.74 Å². The van der Waals surface area contributed by atoms with E-state index in [-0.39, 0.29) is 5.92 Å². The van der Waals surface area contributed by atoms with Crippen molar-refractivity contribution in [3.8, 4) is 16.9 Å². The molecule has 1 aliphatic heterocycles. The summed E-state index contributed by atoms with van der Waals surface area (Å²) in [5.74, 6) is 1.84. The number of H-pyrrole nitrogens is 1. The number of hydrogen-bond donors (Lipinski definition) is 1. The topological polar surface area (TPSA) is 63.9 Å². The van der Waals surface area contributed by atoms with E-state index in [1.807, 2.05) is 31.3 Å². The molecular formula is C20H16IN3O2. The van der Waals surface area contributed by atoms with Crippen molar-refractivity contribution in [2.75, 3.05) is 6.61 Å². The quantitative estimate of drug-likeness (QED) is 0.438. The van der Waals surface area contributed by atoms with Gasteiger partial charge in [-0.25, -0.2) is 4.98 Å². The highest BCUT2D eigenvalue weighted by molar-refractivity contribution is 14.1. The molecule has 130 valence electrons. The van der Waals surface area contributed by atoms with Crippen molar-refractivity contribution in [2.24, 2.45) is 0 Å². The SMILES string of the molecule is Cc1n[nH]cc1-c1ccc2nc(C3COc4ccc(I)cc4C3)oc2c1. The minimum absolute atomic E-state index is 0.132. The zero-order chi connectivity index (χ0) is 17.7. The number of fused-ring (bicyclic) bond motifs is 2. The molecule has 0 aliphatic carbocycles. The minimum atomic E-state index is 0.132. The maximum absolute atomic E-state index is 6.11. The number of benzene rings is 2. The predicted molar refractivity (Wildman–Crippen MR) is 107 cm³/mol. The number of oxazole rings is 1. The highest BCUT2D eigenvalue weighted by Crippen LogP contribution is 2.35. The number of aryl methyl sites for hydroxylation is 1. The van der Waals surface area contributed by atoms with Gasteiger partial charge in [-0.05, 0) is 77.4 Å². The molecule has 0 amide bonds. The van der Waals surface area contributed by atoms with Crippen LogP contribution in [0.1, 0.15) is 23.1 Å². The van der Waals surface area contributed by atoms with Gasteiger partial charge in [-0.1, -0.05) is 6.07 Å². The Morgan fingerprint density at radius 3 is 2.96 bits per heavy atom. The van der Waals surface area contributed by atoms with Crippen LogP contribution in [0.5, 0.6) is 5.75 Å². The lowest BCUT2D eigenvalue weighted by atomic mass is 9.97. The van der Waals surface area contributed by atoms with Crippen LogP contribution in [0.25, 0.3) is 22.2 Å². The first-order valence-corrected chi connectivity index (χ1v) is 9.58. The van der Waals surface area contributed by atoms with Crippen molar-refractivity contribution in [1.82, 2.24) is 15.2 Å². The van der Waals surface area contributed by atoms with E-state index in [4.69, 9.17) is 14.1 Å². The van der Waals surface area contributed by atoms with Gasteiger partial charge >= 0.3 is 0 Å². The molecule has 5 rings (SSSR count). The van der Waals surface area contributed by atoms with Gasteiger partial charge in [-0.3, -0.25) is 5.10 Å². The molecule has 1 unspecified atom stereocenters. The summed E-state index contributed by atoms with van der Waals surface area (Å²) in [7, 11) is 0. The lowest BCUT2D eigenvalue weighted by Gasteiger charge is -2.23. The van der Waals surface area contributed by atoms with Crippen LogP contribution in [0.15, 0.2) is 47.0 Å². The summed E-state index contributed by atoms with van der Waals surface area (Å²) in [5.41, 5.74) is 6.01. The van der Waals surface area contributed by atoms with Gasteiger partial charge in [0.15, 0.2) is 5.58 Å². The number of ether oxygens (including phenoxy) is 1. The fourth-order valence-electron chi connectivity index (χ4n) is 3.46. The Morgan fingerprint density at radius 2 is 2.12 bits per heavy atom. The second-order valence-electron chi connectivity index (χ2n) is 6.58. The first-order valence-electron chi connectivity index (χ1n) is 8.50. The van der Waals surface area contributed by atoms with Crippen LogP contribution in [-0.2, 0) is 6.42 Å². The van der Waals surface area contributed by atoms with Crippen molar-refractivity contribution in [3.05, 3.63) is 63.3 Å². The summed E-state index contributed by atoms with van der Waals surface area (Å²) in [4.78, 5) is 4.70. The van der Waals surface area contributed by atoms with Gasteiger partial charge in [0.05, 0.1) is 11.6 Å². The third kappa shape index (κ3) is 2.68. The van der Waals surface area contributed by atoms with E-state index in [9.17, 15) is 0 Å². The first-order chi connectivity index (χ1) is 12.7. The van der Waals surface area contributed by atoms with Crippen molar-refractivity contribution in [1.29, 1.82) is 0 Å². The average molecular weight is 457 g/mol. The number of hydrogen-bond acceptors (Lipinski definition) is 4. The van der Waals surface area contributed by atoms with Gasteiger partial charge in [0, 0.05) is 15.3 Å². The van der Waals surface area contributed by atoms with Gasteiger partial charge in [0.1, 0.15) is 17.9 Å². The summed E-state index contributed by atoms with van der Waals surface area (Å²) in [6.07, 6.45) is 2.79. The zero-order valence-corrected chi connectivity index (χ0v) is 16.3. The maximum atomic E-state index is 6.11. The number of aromatic amines is 1. The second kappa shape index (κ2) is 6.12. The molecule has 6 heteroatoms. The standard InChI is InChI=1S/C20H16IN3O2/c1-11-16(9-22-24-11)12-2-4-17-19(8-12)26-20(23-17)14-6-13-7-15(21)3-5-18(13)25-10-14/h2-5,7-9,14H,6,10H2,1H3,(H,22,24).